The van der Waals surface area contributed by atoms with Crippen molar-refractivity contribution in [1.29, 1.82) is 0 Å². The Labute approximate surface area is 396 Å². The van der Waals surface area contributed by atoms with Crippen LogP contribution in [-0.2, 0) is 49.4 Å². The second-order valence-electron chi connectivity index (χ2n) is 15.6. The maximum absolute atomic E-state index is 14.2. The Hall–Kier alpha value is -6.61. The van der Waals surface area contributed by atoms with E-state index in [1.807, 2.05) is 48.0 Å². The molecule has 0 spiro atoms. The number of para-hydroxylation sites is 2. The maximum Gasteiger partial charge on any atom is 0.416 e. The first kappa shape index (κ1) is 55.7. The molecule has 0 aliphatic carbocycles. The fraction of sp³-hybridized carbons (Fsp3) is 0.178. The molecule has 0 saturated carbocycles. The third kappa shape index (κ3) is 12.4. The summed E-state index contributed by atoms with van der Waals surface area (Å²) in [4.78, 5) is 5.76. The molecular formula is C45H22BF24NOS. The molecule has 1 aromatic heterocycles. The highest BCUT2D eigenvalue weighted by molar-refractivity contribution is 7.20. The van der Waals surface area contributed by atoms with Crippen LogP contribution in [0.1, 0.15) is 44.5 Å². The smallest absolute Gasteiger partial charge is 0.230 e. The molecule has 390 valence electrons. The van der Waals surface area contributed by atoms with Gasteiger partial charge in [0.2, 0.25) is 5.75 Å². The Kier molecular flexibility index (Phi) is 14.5. The number of thiazole rings is 1. The fourth-order valence-electron chi connectivity index (χ4n) is 7.64. The monoisotopic (exact) mass is 1090 g/mol. The summed E-state index contributed by atoms with van der Waals surface area (Å²) in [5.41, 5.74) is -27.1. The largest absolute Gasteiger partial charge is 0.416 e. The predicted octanol–water partition coefficient (Wildman–Crippen LogP) is 14.2. The minimum absolute atomic E-state index is 0.691. The van der Waals surface area contributed by atoms with Gasteiger partial charge < -0.3 is 0 Å². The molecule has 0 aliphatic rings. The van der Waals surface area contributed by atoms with Crippen molar-refractivity contribution in [2.75, 3.05) is 0 Å². The summed E-state index contributed by atoms with van der Waals surface area (Å²) in [5, 5.41) is 0. The number of hydrogen-bond acceptors (Lipinski definition) is 2. The lowest BCUT2D eigenvalue weighted by molar-refractivity contribution is -0.851. The molecule has 7 aromatic rings. The van der Waals surface area contributed by atoms with E-state index >= 15 is 0 Å². The molecule has 0 unspecified atom stereocenters. The summed E-state index contributed by atoms with van der Waals surface area (Å²) >= 11 is 1.67. The Bertz CT molecular complexity index is 2670. The number of alkyl halides is 24. The molecule has 0 amide bonds. The molecule has 0 radical (unpaired) electrons. The molecule has 0 N–H and O–H groups in total. The van der Waals surface area contributed by atoms with E-state index in [0.717, 1.165) is 11.3 Å². The summed E-state index contributed by atoms with van der Waals surface area (Å²) < 4.78 is 344. The van der Waals surface area contributed by atoms with E-state index in [2.05, 4.69) is 12.1 Å². The van der Waals surface area contributed by atoms with Crippen molar-refractivity contribution < 1.29 is 115 Å². The Balaban J connectivity index is 0.000000453. The van der Waals surface area contributed by atoms with Gasteiger partial charge >= 0.3 is 49.4 Å². The van der Waals surface area contributed by atoms with E-state index in [0.29, 0.717) is 0 Å². The lowest BCUT2D eigenvalue weighted by atomic mass is 9.12. The van der Waals surface area contributed by atoms with E-state index in [9.17, 15) is 105 Å². The van der Waals surface area contributed by atoms with E-state index in [1.54, 1.807) is 16.1 Å². The summed E-state index contributed by atoms with van der Waals surface area (Å²) in [6.07, 6.45) is -54.8. The third-order valence-corrected chi connectivity index (χ3v) is 11.7. The Morgan fingerprint density at radius 2 is 0.562 bits per heavy atom. The molecule has 0 aliphatic heterocycles. The van der Waals surface area contributed by atoms with Crippen LogP contribution in [0.5, 0.6) is 5.75 Å². The third-order valence-electron chi connectivity index (χ3n) is 10.8. The Morgan fingerprint density at radius 3 is 0.822 bits per heavy atom. The van der Waals surface area contributed by atoms with Crippen LogP contribution in [-0.4, -0.2) is 6.15 Å². The van der Waals surface area contributed by atoms with Crippen LogP contribution >= 0.6 is 11.3 Å². The molecule has 0 bridgehead atoms. The summed E-state index contributed by atoms with van der Waals surface area (Å²) in [6, 6.07) is 9.16. The van der Waals surface area contributed by atoms with Gasteiger partial charge in [-0.05, 0) is 42.5 Å². The number of nitrogens with zero attached hydrogens (tertiary/aromatic N) is 1. The van der Waals surface area contributed by atoms with Gasteiger partial charge in [-0.25, -0.2) is 4.84 Å². The van der Waals surface area contributed by atoms with Crippen molar-refractivity contribution in [2.24, 2.45) is 0 Å². The van der Waals surface area contributed by atoms with Gasteiger partial charge in [0.05, 0.1) is 44.5 Å². The first-order valence-electron chi connectivity index (χ1n) is 19.7. The molecule has 7 rings (SSSR count). The van der Waals surface area contributed by atoms with Gasteiger partial charge in [-0.2, -0.15) is 127 Å². The van der Waals surface area contributed by atoms with Crippen molar-refractivity contribution >= 4 is 49.6 Å². The van der Waals surface area contributed by atoms with Crippen molar-refractivity contribution in [2.45, 2.75) is 49.4 Å². The highest BCUT2D eigenvalue weighted by atomic mass is 32.1. The second kappa shape index (κ2) is 19.0. The highest BCUT2D eigenvalue weighted by Gasteiger charge is 2.47. The van der Waals surface area contributed by atoms with E-state index in [4.69, 9.17) is 4.84 Å². The molecule has 28 heteroatoms. The molecule has 1 heterocycles. The quantitative estimate of drug-likeness (QED) is 0.0919. The fourth-order valence-corrected chi connectivity index (χ4v) is 8.44. The van der Waals surface area contributed by atoms with Gasteiger partial charge in [-0.15, -0.1) is 0 Å². The number of aromatic nitrogens is 1. The Morgan fingerprint density at radius 1 is 0.315 bits per heavy atom. The molecule has 73 heavy (non-hydrogen) atoms. The SMILES string of the molecule is FC(F)(F)c1cc([B-](c2cc(C(F)(F)F)cc(C(F)(F)F)c2)(c2cc(C(F)(F)F)cc(C(F)(F)F)c2)c2cc(C(F)(F)F)cc(C(F)(F)F)c2)cc(C(F)(F)F)c1.c1ccc(O[n+]2csc3ccccc32)cc1. The molecule has 6 aromatic carbocycles. The number of hydrogen-bond donors (Lipinski definition) is 0. The minimum atomic E-state index is -6.13. The van der Waals surface area contributed by atoms with Gasteiger partial charge in [-0.1, -0.05) is 90.2 Å². The van der Waals surface area contributed by atoms with Crippen molar-refractivity contribution in [1.82, 2.24) is 0 Å². The second-order valence-corrected chi connectivity index (χ2v) is 16.5. The van der Waals surface area contributed by atoms with Gasteiger partial charge in [0.1, 0.15) is 10.8 Å². The zero-order chi connectivity index (χ0) is 54.7. The van der Waals surface area contributed by atoms with Crippen LogP contribution in [0.3, 0.4) is 0 Å². The normalized spacial score (nSPS) is 13.5. The first-order valence-corrected chi connectivity index (χ1v) is 20.5. The summed E-state index contributed by atoms with van der Waals surface area (Å²) in [5.74, 6) is 0.844. The van der Waals surface area contributed by atoms with Crippen molar-refractivity contribution in [3.8, 4) is 5.75 Å². The zero-order valence-corrected chi connectivity index (χ0v) is 35.9. The van der Waals surface area contributed by atoms with E-state index in [1.165, 1.54) is 4.70 Å². The molecule has 0 fully saturated rings. The average molecular weight is 1090 g/mol. The van der Waals surface area contributed by atoms with Crippen LogP contribution in [0, 0.1) is 0 Å². The van der Waals surface area contributed by atoms with Crippen LogP contribution in [0.25, 0.3) is 10.2 Å². The summed E-state index contributed by atoms with van der Waals surface area (Å²) in [7, 11) is 0. The van der Waals surface area contributed by atoms with Crippen molar-refractivity contribution in [3.05, 3.63) is 177 Å². The van der Waals surface area contributed by atoms with Gasteiger partial charge in [0, 0.05) is 10.8 Å². The number of halogens is 24. The van der Waals surface area contributed by atoms with Gasteiger partial charge in [0.15, 0.2) is 0 Å². The molecular weight excluding hydrogens is 1070 g/mol. The highest BCUT2D eigenvalue weighted by Crippen LogP contribution is 2.41. The van der Waals surface area contributed by atoms with Gasteiger partial charge in [-0.3, -0.25) is 0 Å². The maximum atomic E-state index is 14.2. The first-order chi connectivity index (χ1) is 33.2. The van der Waals surface area contributed by atoms with Crippen LogP contribution in [0.15, 0.2) is 133 Å². The zero-order valence-electron chi connectivity index (χ0n) is 35.1. The minimum Gasteiger partial charge on any atom is -0.230 e. The topological polar surface area (TPSA) is 13.1 Å². The summed E-state index contributed by atoms with van der Waals surface area (Å²) in [6.45, 7) is 0. The lowest BCUT2D eigenvalue weighted by Crippen LogP contribution is -2.75. The van der Waals surface area contributed by atoms with Crippen LogP contribution in [0.2, 0.25) is 0 Å². The molecule has 0 saturated heterocycles. The van der Waals surface area contributed by atoms with Crippen LogP contribution in [0.4, 0.5) is 105 Å². The number of rotatable bonds is 6. The standard InChI is InChI=1S/C32H12BF24.C13H10NOS/c34-25(35,36)13-1-14(26(37,38)39)6-21(5-13)33(22-7-15(27(40,41)42)2-16(8-22)28(43,44)45,23-9-17(29(46,47)48)3-18(10-23)30(49,50)51)24-11-19(31(52,53)54)4-20(12-24)32(55,56)57;1-2-6-11(7-3-1)15-14-10-16-13-9-5-4-8-12(13)14/h1-12H;1-10H/q-1;+1. The van der Waals surface area contributed by atoms with E-state index < -0.39 is 195 Å². The number of fused-ring (bicyclic) bond motifs is 1. The predicted molar refractivity (Wildman–Crippen MR) is 215 cm³/mol. The van der Waals surface area contributed by atoms with E-state index in [-0.39, 0.29) is 0 Å². The van der Waals surface area contributed by atoms with Crippen molar-refractivity contribution in [3.63, 3.8) is 0 Å². The average Bonchev–Trinajstić information content (AvgIpc) is 3.67. The molecule has 2 nitrogen and oxygen atoms in total. The van der Waals surface area contributed by atoms with Crippen LogP contribution < -0.4 is 31.4 Å². The number of benzene rings is 6. The lowest BCUT2D eigenvalue weighted by Gasteiger charge is -2.46. The van der Waals surface area contributed by atoms with Gasteiger partial charge in [0.25, 0.3) is 11.0 Å². The molecule has 0 atom stereocenters.